The number of aromatic nitrogens is 5. The zero-order valence-corrected chi connectivity index (χ0v) is 19.7. The minimum absolute atomic E-state index is 0.144. The highest BCUT2D eigenvalue weighted by Crippen LogP contribution is 2.40. The molecule has 4 aromatic rings. The number of benzene rings is 1. The topological polar surface area (TPSA) is 89.1 Å². The van der Waals surface area contributed by atoms with Crippen LogP contribution in [0.5, 0.6) is 5.75 Å². The largest absolute Gasteiger partial charge is 0.486 e. The summed E-state index contributed by atoms with van der Waals surface area (Å²) in [6, 6.07) is 10.2. The lowest BCUT2D eigenvalue weighted by molar-refractivity contribution is 0.131. The number of fused-ring (bicyclic) bond motifs is 1. The van der Waals surface area contributed by atoms with Gasteiger partial charge in [-0.1, -0.05) is 0 Å². The molecule has 0 aliphatic carbocycles. The third kappa shape index (κ3) is 3.58. The minimum Gasteiger partial charge on any atom is -0.486 e. The molecular weight excluding hydrogens is 428 g/mol. The summed E-state index contributed by atoms with van der Waals surface area (Å²) in [4.78, 5) is 7.06. The highest BCUT2D eigenvalue weighted by molar-refractivity contribution is 5.93. The molecule has 1 aromatic carbocycles. The Morgan fingerprint density at radius 2 is 2.03 bits per heavy atom. The van der Waals surface area contributed by atoms with Crippen LogP contribution >= 0.6 is 0 Å². The molecule has 0 bridgehead atoms. The van der Waals surface area contributed by atoms with Crippen molar-refractivity contribution in [2.45, 2.75) is 33.3 Å². The average molecular weight is 457 g/mol. The summed E-state index contributed by atoms with van der Waals surface area (Å²) in [5.41, 5.74) is 6.18. The maximum absolute atomic E-state index is 6.31. The third-order valence-electron chi connectivity index (χ3n) is 7.11. The molecule has 0 saturated carbocycles. The Balaban J connectivity index is 1.23. The van der Waals surface area contributed by atoms with Gasteiger partial charge in [0, 0.05) is 47.8 Å². The molecular formula is C26H28N6O2. The lowest BCUT2D eigenvalue weighted by atomic mass is 9.79. The van der Waals surface area contributed by atoms with Gasteiger partial charge in [0.15, 0.2) is 0 Å². The lowest BCUT2D eigenvalue weighted by Gasteiger charge is -2.47. The van der Waals surface area contributed by atoms with Gasteiger partial charge in [-0.05, 0) is 63.1 Å². The first-order valence-corrected chi connectivity index (χ1v) is 11.7. The molecule has 2 fully saturated rings. The third-order valence-corrected chi connectivity index (χ3v) is 7.11. The van der Waals surface area contributed by atoms with E-state index in [-0.39, 0.29) is 6.10 Å². The second kappa shape index (κ2) is 8.06. The minimum atomic E-state index is -0.144. The zero-order valence-electron chi connectivity index (χ0n) is 19.7. The van der Waals surface area contributed by atoms with Crippen molar-refractivity contribution >= 4 is 16.7 Å². The molecule has 6 rings (SSSR count). The summed E-state index contributed by atoms with van der Waals surface area (Å²) < 4.78 is 11.9. The molecule has 1 atom stereocenters. The van der Waals surface area contributed by atoms with Crippen LogP contribution in [0.25, 0.3) is 22.2 Å². The van der Waals surface area contributed by atoms with E-state index >= 15 is 0 Å². The number of nitrogens with zero attached hydrogens (tertiary/aromatic N) is 5. The highest BCUT2D eigenvalue weighted by atomic mass is 16.5. The van der Waals surface area contributed by atoms with Crippen molar-refractivity contribution < 1.29 is 9.47 Å². The molecule has 0 amide bonds. The molecule has 3 aromatic heterocycles. The number of ether oxygens (including phenoxy) is 2. The molecule has 1 spiro atoms. The molecule has 2 aliphatic heterocycles. The molecule has 8 nitrogen and oxygen atoms in total. The zero-order chi connectivity index (χ0) is 23.3. The number of hydrogen-bond donors (Lipinski definition) is 1. The van der Waals surface area contributed by atoms with E-state index in [0.717, 1.165) is 83.3 Å². The number of hydrogen-bond acceptors (Lipinski definition) is 7. The fourth-order valence-electron chi connectivity index (χ4n) is 5.31. The first kappa shape index (κ1) is 21.0. The number of H-pyrrole nitrogens is 1. The Kier molecular flexibility index (Phi) is 4.99. The van der Waals surface area contributed by atoms with Crippen molar-refractivity contribution in [3.05, 3.63) is 59.5 Å². The fraction of sp³-hybridized carbons (Fsp3) is 0.385. The number of nitrogens with one attached hydrogen (secondary N) is 1. The van der Waals surface area contributed by atoms with Gasteiger partial charge in [-0.15, -0.1) is 0 Å². The molecule has 0 radical (unpaired) electrons. The molecule has 2 saturated heterocycles. The van der Waals surface area contributed by atoms with Crippen molar-refractivity contribution in [3.63, 3.8) is 0 Å². The summed E-state index contributed by atoms with van der Waals surface area (Å²) in [5.74, 6) is 1.79. The Morgan fingerprint density at radius 3 is 2.76 bits per heavy atom. The summed E-state index contributed by atoms with van der Waals surface area (Å²) in [6.07, 6.45) is 4.69. The molecule has 1 unspecified atom stereocenters. The molecule has 34 heavy (non-hydrogen) atoms. The fourth-order valence-corrected chi connectivity index (χ4v) is 5.31. The number of aromatic amines is 1. The second-order valence-electron chi connectivity index (χ2n) is 9.63. The van der Waals surface area contributed by atoms with Crippen molar-refractivity contribution in [3.8, 4) is 17.0 Å². The number of anilines is 1. The van der Waals surface area contributed by atoms with Gasteiger partial charge in [0.05, 0.1) is 24.0 Å². The Labute approximate surface area is 198 Å². The lowest BCUT2D eigenvalue weighted by Crippen LogP contribution is -2.57. The summed E-state index contributed by atoms with van der Waals surface area (Å²) in [6.45, 7) is 9.84. The molecule has 174 valence electrons. The first-order valence-electron chi connectivity index (χ1n) is 11.7. The second-order valence-corrected chi connectivity index (χ2v) is 9.63. The first-order chi connectivity index (χ1) is 16.5. The average Bonchev–Trinajstić information content (AvgIpc) is 3.46. The van der Waals surface area contributed by atoms with E-state index in [0.29, 0.717) is 5.41 Å². The van der Waals surface area contributed by atoms with Crippen LogP contribution in [-0.2, 0) is 4.74 Å². The van der Waals surface area contributed by atoms with Gasteiger partial charge in [-0.3, -0.25) is 5.10 Å². The Morgan fingerprint density at radius 1 is 1.15 bits per heavy atom. The maximum Gasteiger partial charge on any atom is 0.128 e. The van der Waals surface area contributed by atoms with E-state index in [1.54, 1.807) is 6.20 Å². The summed E-state index contributed by atoms with van der Waals surface area (Å²) >= 11 is 0. The van der Waals surface area contributed by atoms with E-state index in [2.05, 4.69) is 37.4 Å². The van der Waals surface area contributed by atoms with Gasteiger partial charge in [0.2, 0.25) is 0 Å². The summed E-state index contributed by atoms with van der Waals surface area (Å²) in [5, 5.41) is 16.9. The quantitative estimate of drug-likeness (QED) is 0.476. The smallest absolute Gasteiger partial charge is 0.128 e. The van der Waals surface area contributed by atoms with E-state index in [9.17, 15) is 0 Å². The molecule has 1 N–H and O–H groups in total. The molecule has 8 heteroatoms. The van der Waals surface area contributed by atoms with Gasteiger partial charge < -0.3 is 14.4 Å². The highest BCUT2D eigenvalue weighted by Gasteiger charge is 2.46. The van der Waals surface area contributed by atoms with Crippen molar-refractivity contribution in [1.29, 1.82) is 0 Å². The predicted molar refractivity (Wildman–Crippen MR) is 130 cm³/mol. The van der Waals surface area contributed by atoms with Crippen molar-refractivity contribution in [2.75, 3.05) is 31.2 Å². The SMILES string of the molecule is Cc1cnnc(C)c1C(C)Oc1ccc2[nH]nc(-c3ccc(N4CC5(CCOC5)C4)nc3)c2c1. The van der Waals surface area contributed by atoms with Gasteiger partial charge in [-0.25, -0.2) is 4.98 Å². The van der Waals surface area contributed by atoms with Crippen molar-refractivity contribution in [1.82, 2.24) is 25.4 Å². The summed E-state index contributed by atoms with van der Waals surface area (Å²) in [7, 11) is 0. The van der Waals surface area contributed by atoms with Crippen LogP contribution in [0.2, 0.25) is 0 Å². The monoisotopic (exact) mass is 456 g/mol. The van der Waals surface area contributed by atoms with E-state index in [1.165, 1.54) is 0 Å². The van der Waals surface area contributed by atoms with E-state index in [1.807, 2.05) is 45.2 Å². The van der Waals surface area contributed by atoms with Crippen LogP contribution in [0.4, 0.5) is 5.82 Å². The van der Waals surface area contributed by atoms with E-state index < -0.39 is 0 Å². The predicted octanol–water partition coefficient (Wildman–Crippen LogP) is 4.40. The van der Waals surface area contributed by atoms with Crippen LogP contribution in [0.1, 0.15) is 36.3 Å². The van der Waals surface area contributed by atoms with Crippen LogP contribution in [0, 0.1) is 19.3 Å². The maximum atomic E-state index is 6.31. The number of pyridine rings is 1. The van der Waals surface area contributed by atoms with Gasteiger partial charge in [0.1, 0.15) is 23.4 Å². The number of rotatable bonds is 5. The van der Waals surface area contributed by atoms with Crippen molar-refractivity contribution in [2.24, 2.45) is 5.41 Å². The Hall–Kier alpha value is -3.52. The van der Waals surface area contributed by atoms with Crippen LogP contribution in [0.3, 0.4) is 0 Å². The normalized spacial score (nSPS) is 17.8. The standard InChI is InChI=1S/C26H28N6O2/c1-16-11-28-29-17(2)24(16)18(3)34-20-5-6-22-21(10-20)25(31-30-22)19-4-7-23(27-12-19)32-13-26(14-32)8-9-33-15-26/h4-7,10-12,18H,8-9,13-15H2,1-3H3,(H,30,31). The van der Waals surface area contributed by atoms with Gasteiger partial charge >= 0.3 is 0 Å². The number of aryl methyl sites for hydroxylation is 2. The van der Waals surface area contributed by atoms with Gasteiger partial charge in [0.25, 0.3) is 0 Å². The van der Waals surface area contributed by atoms with E-state index in [4.69, 9.17) is 14.5 Å². The van der Waals surface area contributed by atoms with Crippen LogP contribution in [-0.4, -0.2) is 51.7 Å². The Bertz CT molecular complexity index is 1320. The van der Waals surface area contributed by atoms with Crippen LogP contribution < -0.4 is 9.64 Å². The molecule has 5 heterocycles. The molecule has 2 aliphatic rings. The van der Waals surface area contributed by atoms with Crippen LogP contribution in [0.15, 0.2) is 42.7 Å². The van der Waals surface area contributed by atoms with Gasteiger partial charge in [-0.2, -0.15) is 15.3 Å².